The third kappa shape index (κ3) is 2.87. The number of nitrogens with zero attached hydrogens (tertiary/aromatic N) is 1. The van der Waals surface area contributed by atoms with Crippen LogP contribution in [0.25, 0.3) is 0 Å². The van der Waals surface area contributed by atoms with Gasteiger partial charge in [-0.15, -0.1) is 0 Å². The lowest BCUT2D eigenvalue weighted by molar-refractivity contribution is -0.128. The molecule has 0 saturated carbocycles. The SMILES string of the molecule is CCc1cc(Br)ccc1N1CCC(=O)NC(C)(C)C1=O. The highest BCUT2D eigenvalue weighted by molar-refractivity contribution is 9.10. The minimum atomic E-state index is -0.869. The van der Waals surface area contributed by atoms with Gasteiger partial charge in [0.05, 0.1) is 0 Å². The van der Waals surface area contributed by atoms with Gasteiger partial charge in [0.25, 0.3) is 5.91 Å². The topological polar surface area (TPSA) is 49.4 Å². The van der Waals surface area contributed by atoms with Gasteiger partial charge in [-0.25, -0.2) is 0 Å². The van der Waals surface area contributed by atoms with Crippen molar-refractivity contribution >= 4 is 33.4 Å². The number of anilines is 1. The Labute approximate surface area is 127 Å². The highest BCUT2D eigenvalue weighted by Crippen LogP contribution is 2.28. The minimum absolute atomic E-state index is 0.0691. The van der Waals surface area contributed by atoms with Crippen molar-refractivity contribution < 1.29 is 9.59 Å². The van der Waals surface area contributed by atoms with E-state index in [1.54, 1.807) is 18.7 Å². The fourth-order valence-electron chi connectivity index (χ4n) is 2.45. The number of aryl methyl sites for hydroxylation is 1. The molecule has 2 rings (SSSR count). The predicted octanol–water partition coefficient (Wildman–Crippen LogP) is 2.64. The molecule has 1 heterocycles. The largest absolute Gasteiger partial charge is 0.342 e. The third-order valence-electron chi connectivity index (χ3n) is 3.51. The number of amides is 2. The summed E-state index contributed by atoms with van der Waals surface area (Å²) in [5.74, 6) is -0.151. The van der Waals surface area contributed by atoms with Crippen molar-refractivity contribution in [2.45, 2.75) is 39.2 Å². The average molecular weight is 339 g/mol. The number of rotatable bonds is 2. The molecule has 0 bridgehead atoms. The first-order valence-electron chi connectivity index (χ1n) is 6.76. The summed E-state index contributed by atoms with van der Waals surface area (Å²) in [6.45, 7) is 5.97. The molecule has 1 aliphatic heterocycles. The van der Waals surface area contributed by atoms with Crippen LogP contribution in [0.3, 0.4) is 0 Å². The summed E-state index contributed by atoms with van der Waals surface area (Å²) in [5.41, 5.74) is 1.12. The molecule has 0 atom stereocenters. The van der Waals surface area contributed by atoms with Crippen molar-refractivity contribution in [3.05, 3.63) is 28.2 Å². The van der Waals surface area contributed by atoms with Crippen LogP contribution in [0.5, 0.6) is 0 Å². The molecule has 0 radical (unpaired) electrons. The van der Waals surface area contributed by atoms with Gasteiger partial charge >= 0.3 is 0 Å². The smallest absolute Gasteiger partial charge is 0.252 e. The quantitative estimate of drug-likeness (QED) is 0.901. The monoisotopic (exact) mass is 338 g/mol. The van der Waals surface area contributed by atoms with E-state index in [1.807, 2.05) is 18.2 Å². The molecular weight excluding hydrogens is 320 g/mol. The lowest BCUT2D eigenvalue weighted by Gasteiger charge is -2.30. The van der Waals surface area contributed by atoms with Crippen LogP contribution < -0.4 is 10.2 Å². The van der Waals surface area contributed by atoms with Gasteiger partial charge in [0, 0.05) is 23.1 Å². The minimum Gasteiger partial charge on any atom is -0.342 e. The molecule has 2 amide bonds. The Bertz CT molecular complexity index is 555. The fraction of sp³-hybridized carbons (Fsp3) is 0.467. The second kappa shape index (κ2) is 5.56. The molecule has 4 nitrogen and oxygen atoms in total. The van der Waals surface area contributed by atoms with E-state index >= 15 is 0 Å². The van der Waals surface area contributed by atoms with Gasteiger partial charge in [0.15, 0.2) is 0 Å². The zero-order valence-corrected chi connectivity index (χ0v) is 13.6. The van der Waals surface area contributed by atoms with E-state index in [-0.39, 0.29) is 11.8 Å². The van der Waals surface area contributed by atoms with Crippen LogP contribution in [0.1, 0.15) is 32.8 Å². The Hall–Kier alpha value is -1.36. The summed E-state index contributed by atoms with van der Waals surface area (Å²) in [6.07, 6.45) is 1.16. The summed E-state index contributed by atoms with van der Waals surface area (Å²) < 4.78 is 0.994. The van der Waals surface area contributed by atoms with Crippen molar-refractivity contribution in [2.24, 2.45) is 0 Å². The highest BCUT2D eigenvalue weighted by atomic mass is 79.9. The van der Waals surface area contributed by atoms with Crippen molar-refractivity contribution in [1.82, 2.24) is 5.32 Å². The Balaban J connectivity index is 2.45. The molecule has 1 fully saturated rings. The molecule has 20 heavy (non-hydrogen) atoms. The van der Waals surface area contributed by atoms with Crippen LogP contribution in [0.2, 0.25) is 0 Å². The second-order valence-corrected chi connectivity index (χ2v) is 6.42. The number of hydrogen-bond donors (Lipinski definition) is 1. The Morgan fingerprint density at radius 2 is 2.05 bits per heavy atom. The van der Waals surface area contributed by atoms with Gasteiger partial charge < -0.3 is 10.2 Å². The average Bonchev–Trinajstić information content (AvgIpc) is 2.48. The molecule has 1 saturated heterocycles. The number of halogens is 1. The molecule has 108 valence electrons. The van der Waals surface area contributed by atoms with Crippen molar-refractivity contribution in [3.8, 4) is 0 Å². The molecule has 0 aromatic heterocycles. The zero-order valence-electron chi connectivity index (χ0n) is 12.0. The molecule has 1 aromatic rings. The van der Waals surface area contributed by atoms with Gasteiger partial charge in [-0.05, 0) is 44.0 Å². The fourth-order valence-corrected chi connectivity index (χ4v) is 2.86. The normalized spacial score (nSPS) is 18.7. The van der Waals surface area contributed by atoms with Crippen molar-refractivity contribution in [2.75, 3.05) is 11.4 Å². The number of benzene rings is 1. The molecule has 1 aliphatic rings. The van der Waals surface area contributed by atoms with E-state index < -0.39 is 5.54 Å². The van der Waals surface area contributed by atoms with E-state index in [0.717, 1.165) is 22.1 Å². The molecule has 0 aliphatic carbocycles. The maximum Gasteiger partial charge on any atom is 0.252 e. The van der Waals surface area contributed by atoms with Gasteiger partial charge in [-0.2, -0.15) is 0 Å². The molecule has 0 unspecified atom stereocenters. The Morgan fingerprint density at radius 3 is 2.70 bits per heavy atom. The van der Waals surface area contributed by atoms with Crippen molar-refractivity contribution in [3.63, 3.8) is 0 Å². The summed E-state index contributed by atoms with van der Waals surface area (Å²) in [5, 5.41) is 2.78. The maximum absolute atomic E-state index is 12.7. The van der Waals surface area contributed by atoms with Gasteiger partial charge in [0.2, 0.25) is 5.91 Å². The molecule has 5 heteroatoms. The third-order valence-corrected chi connectivity index (χ3v) is 4.00. The molecular formula is C15H19BrN2O2. The summed E-state index contributed by atoms with van der Waals surface area (Å²) in [6, 6.07) is 5.89. The maximum atomic E-state index is 12.7. The Morgan fingerprint density at radius 1 is 1.35 bits per heavy atom. The summed E-state index contributed by atoms with van der Waals surface area (Å²) in [7, 11) is 0. The predicted molar refractivity (Wildman–Crippen MR) is 82.7 cm³/mol. The second-order valence-electron chi connectivity index (χ2n) is 5.51. The van der Waals surface area contributed by atoms with E-state index in [2.05, 4.69) is 28.2 Å². The number of nitrogens with one attached hydrogen (secondary N) is 1. The first-order chi connectivity index (χ1) is 9.35. The number of carbonyl (C=O) groups is 2. The van der Waals surface area contributed by atoms with Crippen LogP contribution in [-0.4, -0.2) is 23.9 Å². The van der Waals surface area contributed by atoms with Gasteiger partial charge in [0.1, 0.15) is 5.54 Å². The van der Waals surface area contributed by atoms with Gasteiger partial charge in [-0.1, -0.05) is 22.9 Å². The number of carbonyl (C=O) groups excluding carboxylic acids is 2. The summed E-state index contributed by atoms with van der Waals surface area (Å²) >= 11 is 3.45. The molecule has 1 N–H and O–H groups in total. The Kier molecular flexibility index (Phi) is 4.18. The first-order valence-corrected chi connectivity index (χ1v) is 7.56. The lowest BCUT2D eigenvalue weighted by Crippen LogP contribution is -2.53. The van der Waals surface area contributed by atoms with Gasteiger partial charge in [-0.3, -0.25) is 9.59 Å². The van der Waals surface area contributed by atoms with E-state index in [0.29, 0.717) is 13.0 Å². The standard InChI is InChI=1S/C15H19BrN2O2/c1-4-10-9-11(16)5-6-12(10)18-8-7-13(19)17-15(2,3)14(18)20/h5-6,9H,4,7-8H2,1-3H3,(H,17,19). The molecule has 1 aromatic carbocycles. The zero-order chi connectivity index (χ0) is 14.9. The number of hydrogen-bond acceptors (Lipinski definition) is 2. The van der Waals surface area contributed by atoms with Crippen molar-refractivity contribution in [1.29, 1.82) is 0 Å². The van der Waals surface area contributed by atoms with Crippen LogP contribution in [-0.2, 0) is 16.0 Å². The highest BCUT2D eigenvalue weighted by Gasteiger charge is 2.37. The summed E-state index contributed by atoms with van der Waals surface area (Å²) in [4.78, 5) is 26.1. The van der Waals surface area contributed by atoms with Crippen LogP contribution >= 0.6 is 15.9 Å². The first kappa shape index (κ1) is 15.0. The van der Waals surface area contributed by atoms with E-state index in [1.165, 1.54) is 0 Å². The van der Waals surface area contributed by atoms with Crippen LogP contribution in [0.15, 0.2) is 22.7 Å². The lowest BCUT2D eigenvalue weighted by atomic mass is 10.0. The van der Waals surface area contributed by atoms with Crippen LogP contribution in [0, 0.1) is 0 Å². The van der Waals surface area contributed by atoms with E-state index in [9.17, 15) is 9.59 Å². The van der Waals surface area contributed by atoms with Crippen LogP contribution in [0.4, 0.5) is 5.69 Å². The van der Waals surface area contributed by atoms with E-state index in [4.69, 9.17) is 0 Å². The molecule has 0 spiro atoms.